The van der Waals surface area contributed by atoms with Crippen LogP contribution in [0.2, 0.25) is 0 Å². The van der Waals surface area contributed by atoms with Crippen LogP contribution in [-0.4, -0.2) is 41.5 Å². The highest BCUT2D eigenvalue weighted by molar-refractivity contribution is 6.16. The number of phenolic OH excluding ortho intramolecular Hbond substituents is 7. The van der Waals surface area contributed by atoms with Crippen LogP contribution in [0.25, 0.3) is 0 Å². The zero-order chi connectivity index (χ0) is 15.9. The Morgan fingerprint density at radius 2 is 1.10 bits per heavy atom. The van der Waals surface area contributed by atoms with Crippen LogP contribution in [0.3, 0.4) is 0 Å². The lowest BCUT2D eigenvalue weighted by Crippen LogP contribution is -2.03. The molecule has 0 saturated carbocycles. The van der Waals surface area contributed by atoms with Crippen molar-refractivity contribution in [3.8, 4) is 40.2 Å². The quantitative estimate of drug-likeness (QED) is 0.244. The lowest BCUT2D eigenvalue weighted by Gasteiger charge is -2.11. The third-order valence-electron chi connectivity index (χ3n) is 2.77. The number of carbonyl (C=O) groups is 1. The first-order valence-corrected chi connectivity index (χ1v) is 5.50. The molecule has 2 rings (SSSR count). The van der Waals surface area contributed by atoms with Crippen molar-refractivity contribution in [1.82, 2.24) is 0 Å². The number of hydrogen-bond donors (Lipinski definition) is 7. The van der Waals surface area contributed by atoms with Gasteiger partial charge < -0.3 is 35.7 Å². The molecule has 0 atom stereocenters. The molecule has 0 aliphatic carbocycles. The molecule has 0 bridgehead atoms. The summed E-state index contributed by atoms with van der Waals surface area (Å²) >= 11 is 0. The zero-order valence-corrected chi connectivity index (χ0v) is 10.3. The maximum absolute atomic E-state index is 12.2. The second-order valence-electron chi connectivity index (χ2n) is 4.18. The molecule has 2 aromatic rings. The molecule has 2 aromatic carbocycles. The molecule has 0 spiro atoms. The van der Waals surface area contributed by atoms with Gasteiger partial charge in [0.15, 0.2) is 11.5 Å². The highest BCUT2D eigenvalue weighted by Crippen LogP contribution is 2.45. The van der Waals surface area contributed by atoms with Crippen LogP contribution in [0.15, 0.2) is 18.2 Å². The number of carbonyl (C=O) groups excluding carboxylic acids is 1. The molecule has 0 saturated heterocycles. The van der Waals surface area contributed by atoms with E-state index in [1.165, 1.54) is 0 Å². The van der Waals surface area contributed by atoms with Gasteiger partial charge in [-0.1, -0.05) is 0 Å². The summed E-state index contributed by atoms with van der Waals surface area (Å²) in [6.07, 6.45) is 0. The van der Waals surface area contributed by atoms with Crippen molar-refractivity contribution in [3.63, 3.8) is 0 Å². The average molecular weight is 294 g/mol. The van der Waals surface area contributed by atoms with E-state index in [4.69, 9.17) is 5.11 Å². The third kappa shape index (κ3) is 2.18. The Hall–Kier alpha value is -3.29. The van der Waals surface area contributed by atoms with Gasteiger partial charge in [0.1, 0.15) is 34.1 Å². The molecule has 21 heavy (non-hydrogen) atoms. The molecule has 7 N–H and O–H groups in total. The van der Waals surface area contributed by atoms with Crippen molar-refractivity contribution in [2.24, 2.45) is 0 Å². The Labute approximate surface area is 117 Å². The van der Waals surface area contributed by atoms with E-state index in [1.54, 1.807) is 0 Å². The lowest BCUT2D eigenvalue weighted by molar-refractivity contribution is 0.102. The second kappa shape index (κ2) is 4.67. The Bertz CT molecular complexity index is 727. The summed E-state index contributed by atoms with van der Waals surface area (Å²) in [5.74, 6) is -7.25. The molecule has 0 unspecified atom stereocenters. The molecule has 0 radical (unpaired) electrons. The minimum absolute atomic E-state index is 0.511. The highest BCUT2D eigenvalue weighted by Gasteiger charge is 2.28. The van der Waals surface area contributed by atoms with E-state index in [2.05, 4.69) is 0 Å². The Morgan fingerprint density at radius 3 is 1.62 bits per heavy atom. The smallest absolute Gasteiger partial charge is 0.208 e. The fourth-order valence-corrected chi connectivity index (χ4v) is 1.81. The fraction of sp³-hybridized carbons (Fsp3) is 0. The van der Waals surface area contributed by atoms with Crippen LogP contribution >= 0.6 is 0 Å². The van der Waals surface area contributed by atoms with Crippen LogP contribution in [0.5, 0.6) is 40.2 Å². The van der Waals surface area contributed by atoms with Gasteiger partial charge in [-0.05, 0) is 0 Å². The number of aromatic hydroxyl groups is 7. The van der Waals surface area contributed by atoms with Gasteiger partial charge in [-0.3, -0.25) is 4.79 Å². The monoisotopic (exact) mass is 294 g/mol. The van der Waals surface area contributed by atoms with Crippen LogP contribution < -0.4 is 0 Å². The largest absolute Gasteiger partial charge is 0.508 e. The predicted octanol–water partition coefficient (Wildman–Crippen LogP) is 0.857. The van der Waals surface area contributed by atoms with Gasteiger partial charge in [-0.15, -0.1) is 0 Å². The number of rotatable bonds is 2. The Balaban J connectivity index is 2.70. The van der Waals surface area contributed by atoms with Crippen LogP contribution in [0, 0.1) is 0 Å². The molecule has 0 heterocycles. The molecule has 0 aromatic heterocycles. The van der Waals surface area contributed by atoms with Crippen molar-refractivity contribution < 1.29 is 40.5 Å². The van der Waals surface area contributed by atoms with E-state index in [0.717, 1.165) is 12.1 Å². The summed E-state index contributed by atoms with van der Waals surface area (Å²) in [6, 6.07) is 2.14. The standard InChI is InChI=1S/C13H10O8/c14-4-1-5(15)9(6(16)2-4)12(20)10-7(17)3-8(18)11(19)13(10)21/h1-3,14-19,21H. The van der Waals surface area contributed by atoms with Gasteiger partial charge in [-0.2, -0.15) is 0 Å². The number of ketones is 1. The molecular formula is C13H10O8. The molecule has 0 aliphatic heterocycles. The van der Waals surface area contributed by atoms with E-state index in [0.29, 0.717) is 6.07 Å². The number of hydrogen-bond acceptors (Lipinski definition) is 8. The van der Waals surface area contributed by atoms with E-state index in [1.807, 2.05) is 0 Å². The Morgan fingerprint density at radius 1 is 0.619 bits per heavy atom. The van der Waals surface area contributed by atoms with Crippen LogP contribution in [0.4, 0.5) is 0 Å². The third-order valence-corrected chi connectivity index (χ3v) is 2.77. The van der Waals surface area contributed by atoms with Crippen LogP contribution in [-0.2, 0) is 0 Å². The van der Waals surface area contributed by atoms with Gasteiger partial charge in [0.05, 0.1) is 0 Å². The van der Waals surface area contributed by atoms with Crippen molar-refractivity contribution in [2.75, 3.05) is 0 Å². The van der Waals surface area contributed by atoms with Gasteiger partial charge in [0, 0.05) is 18.2 Å². The lowest BCUT2D eigenvalue weighted by atomic mass is 9.98. The zero-order valence-electron chi connectivity index (χ0n) is 10.3. The molecule has 110 valence electrons. The summed E-state index contributed by atoms with van der Waals surface area (Å²) in [5, 5.41) is 66.1. The van der Waals surface area contributed by atoms with Gasteiger partial charge in [0.25, 0.3) is 0 Å². The molecule has 8 nitrogen and oxygen atoms in total. The summed E-state index contributed by atoms with van der Waals surface area (Å²) in [4.78, 5) is 12.2. The predicted molar refractivity (Wildman–Crippen MR) is 68.0 cm³/mol. The minimum Gasteiger partial charge on any atom is -0.508 e. The SMILES string of the molecule is O=C(c1c(O)cc(O)cc1O)c1c(O)cc(O)c(O)c1O. The normalized spacial score (nSPS) is 10.5. The maximum atomic E-state index is 12.2. The first-order valence-electron chi connectivity index (χ1n) is 5.50. The van der Waals surface area contributed by atoms with Gasteiger partial charge in [0.2, 0.25) is 11.5 Å². The molecule has 0 aliphatic rings. The second-order valence-corrected chi connectivity index (χ2v) is 4.18. The average Bonchev–Trinajstić information content (AvgIpc) is 2.34. The Kier molecular flexibility index (Phi) is 3.14. The fourth-order valence-electron chi connectivity index (χ4n) is 1.81. The van der Waals surface area contributed by atoms with Crippen molar-refractivity contribution in [2.45, 2.75) is 0 Å². The van der Waals surface area contributed by atoms with Crippen molar-refractivity contribution >= 4 is 5.78 Å². The van der Waals surface area contributed by atoms with Crippen molar-refractivity contribution in [3.05, 3.63) is 29.3 Å². The first-order chi connectivity index (χ1) is 9.73. The minimum atomic E-state index is -1.23. The van der Waals surface area contributed by atoms with E-state index in [-0.39, 0.29) is 0 Å². The summed E-state index contributed by atoms with van der Waals surface area (Å²) in [6.45, 7) is 0. The van der Waals surface area contributed by atoms with E-state index < -0.39 is 57.2 Å². The van der Waals surface area contributed by atoms with Crippen LogP contribution in [0.1, 0.15) is 15.9 Å². The number of benzene rings is 2. The van der Waals surface area contributed by atoms with Gasteiger partial charge in [-0.25, -0.2) is 0 Å². The van der Waals surface area contributed by atoms with Crippen molar-refractivity contribution in [1.29, 1.82) is 0 Å². The molecule has 0 fully saturated rings. The molecular weight excluding hydrogens is 284 g/mol. The molecule has 8 heteroatoms. The van der Waals surface area contributed by atoms with E-state index in [9.17, 15) is 35.4 Å². The summed E-state index contributed by atoms with van der Waals surface area (Å²) in [5.41, 5.74) is -1.54. The number of phenols is 7. The van der Waals surface area contributed by atoms with Gasteiger partial charge >= 0.3 is 0 Å². The first kappa shape index (κ1) is 14.1. The topological polar surface area (TPSA) is 159 Å². The molecule has 0 amide bonds. The highest BCUT2D eigenvalue weighted by atomic mass is 16.3. The summed E-state index contributed by atoms with van der Waals surface area (Å²) < 4.78 is 0. The maximum Gasteiger partial charge on any atom is 0.208 e. The van der Waals surface area contributed by atoms with E-state index >= 15 is 0 Å². The summed E-state index contributed by atoms with van der Waals surface area (Å²) in [7, 11) is 0.